The summed E-state index contributed by atoms with van der Waals surface area (Å²) in [6.45, 7) is 6.73. The van der Waals surface area contributed by atoms with Crippen molar-refractivity contribution >= 4 is 22.0 Å². The molecule has 0 aliphatic rings. The summed E-state index contributed by atoms with van der Waals surface area (Å²) in [4.78, 5) is 11.6. The monoisotopic (exact) mass is 405 g/mol. The quantitative estimate of drug-likeness (QED) is 0.435. The van der Waals surface area contributed by atoms with Gasteiger partial charge >= 0.3 is 16.3 Å². The van der Waals surface area contributed by atoms with Crippen LogP contribution in [0, 0.1) is 6.92 Å². The molecule has 0 aromatic heterocycles. The van der Waals surface area contributed by atoms with Crippen LogP contribution in [0.5, 0.6) is 0 Å². The van der Waals surface area contributed by atoms with Gasteiger partial charge in [0.15, 0.2) is 0 Å². The Bertz CT molecular complexity index is 931. The van der Waals surface area contributed by atoms with E-state index in [4.69, 9.17) is 10.5 Å². The Morgan fingerprint density at radius 1 is 1.04 bits per heavy atom. The molecule has 0 aliphatic carbocycles. The van der Waals surface area contributed by atoms with Crippen LogP contribution in [-0.2, 0) is 31.9 Å². The molecule has 2 aromatic rings. The molecular formula is C21H27NO5S. The Kier molecular flexibility index (Phi) is 6.72. The van der Waals surface area contributed by atoms with Crippen molar-refractivity contribution in [2.75, 3.05) is 5.73 Å². The first-order valence-corrected chi connectivity index (χ1v) is 10.5. The molecule has 0 heterocycles. The van der Waals surface area contributed by atoms with Gasteiger partial charge in [0.2, 0.25) is 0 Å². The molecule has 2 rings (SSSR count). The summed E-state index contributed by atoms with van der Waals surface area (Å²) >= 11 is 0. The summed E-state index contributed by atoms with van der Waals surface area (Å²) < 4.78 is 34.5. The predicted molar refractivity (Wildman–Crippen MR) is 109 cm³/mol. The topological polar surface area (TPSA) is 95.7 Å². The molecule has 2 aromatic carbocycles. The van der Waals surface area contributed by atoms with Gasteiger partial charge in [-0.1, -0.05) is 36.4 Å². The van der Waals surface area contributed by atoms with Crippen LogP contribution in [-0.4, -0.2) is 20.2 Å². The number of carbonyl (C=O) groups excluding carboxylic acids is 1. The van der Waals surface area contributed by atoms with E-state index < -0.39 is 21.9 Å². The summed E-state index contributed by atoms with van der Waals surface area (Å²) in [5, 5.41) is 0. The third-order valence-electron chi connectivity index (χ3n) is 4.12. The summed E-state index contributed by atoms with van der Waals surface area (Å²) in [7, 11) is -4.38. The first-order chi connectivity index (χ1) is 13.0. The number of anilines is 1. The van der Waals surface area contributed by atoms with Crippen LogP contribution in [0.2, 0.25) is 0 Å². The molecular weight excluding hydrogens is 378 g/mol. The molecule has 0 radical (unpaired) electrons. The molecule has 2 N–H and O–H groups in total. The highest BCUT2D eigenvalue weighted by molar-refractivity contribution is 7.87. The lowest BCUT2D eigenvalue weighted by Gasteiger charge is -2.19. The van der Waals surface area contributed by atoms with Crippen LogP contribution < -0.4 is 5.73 Å². The molecule has 6 nitrogen and oxygen atoms in total. The zero-order valence-electron chi connectivity index (χ0n) is 16.7. The molecule has 0 spiro atoms. The fourth-order valence-corrected chi connectivity index (χ4v) is 3.75. The van der Waals surface area contributed by atoms with Crippen molar-refractivity contribution < 1.29 is 22.1 Å². The maximum atomic E-state index is 12.5. The zero-order chi connectivity index (χ0) is 20.9. The number of hydrogen-bond acceptors (Lipinski definition) is 6. The largest absolute Gasteiger partial charge is 0.525 e. The number of benzene rings is 2. The summed E-state index contributed by atoms with van der Waals surface area (Å²) in [5.74, 6) is 0. The molecule has 0 bridgehead atoms. The van der Waals surface area contributed by atoms with Gasteiger partial charge in [0, 0.05) is 0 Å². The van der Waals surface area contributed by atoms with Crippen molar-refractivity contribution in [3.63, 3.8) is 0 Å². The summed E-state index contributed by atoms with van der Waals surface area (Å²) in [6, 6.07) is 13.0. The summed E-state index contributed by atoms with van der Waals surface area (Å²) in [6.07, 6.45) is 0.997. The third-order valence-corrected chi connectivity index (χ3v) is 5.37. The highest BCUT2D eigenvalue weighted by Crippen LogP contribution is 2.29. The van der Waals surface area contributed by atoms with Gasteiger partial charge in [0.05, 0.1) is 5.69 Å². The minimum atomic E-state index is -4.38. The Hall–Kier alpha value is -2.54. The molecule has 0 atom stereocenters. The van der Waals surface area contributed by atoms with Crippen molar-refractivity contribution in [1.82, 2.24) is 0 Å². The normalized spacial score (nSPS) is 11.9. The van der Waals surface area contributed by atoms with E-state index in [2.05, 4.69) is 4.18 Å². The fraction of sp³-hybridized carbons (Fsp3) is 0.381. The van der Waals surface area contributed by atoms with E-state index >= 15 is 0 Å². The van der Waals surface area contributed by atoms with Gasteiger partial charge in [-0.2, -0.15) is 8.42 Å². The first-order valence-electron chi connectivity index (χ1n) is 9.09. The van der Waals surface area contributed by atoms with Crippen molar-refractivity contribution in [2.45, 2.75) is 57.5 Å². The molecule has 152 valence electrons. The van der Waals surface area contributed by atoms with Gasteiger partial charge in [-0.15, -0.1) is 0 Å². The zero-order valence-corrected chi connectivity index (χ0v) is 17.5. The van der Waals surface area contributed by atoms with Gasteiger partial charge in [-0.3, -0.25) is 0 Å². The predicted octanol–water partition coefficient (Wildman–Crippen LogP) is 4.39. The smallest absolute Gasteiger partial charge is 0.428 e. The van der Waals surface area contributed by atoms with E-state index in [-0.39, 0.29) is 10.6 Å². The van der Waals surface area contributed by atoms with E-state index in [1.807, 2.05) is 37.3 Å². The standard InChI is InChI=1S/C21H27NO5S/c1-15-13-14-18(28(24,25)27-20(23)26-21(2,3)4)19(22)17(15)12-8-11-16-9-6-5-7-10-16/h5-7,9-10,13-14H,8,11-12,22H2,1-4H3. The minimum Gasteiger partial charge on any atom is -0.428 e. The molecule has 0 unspecified atom stereocenters. The van der Waals surface area contributed by atoms with Gasteiger partial charge in [0.25, 0.3) is 0 Å². The molecule has 7 heteroatoms. The number of rotatable bonds is 6. The Morgan fingerprint density at radius 3 is 2.29 bits per heavy atom. The molecule has 0 amide bonds. The maximum Gasteiger partial charge on any atom is 0.525 e. The average Bonchev–Trinajstić information content (AvgIpc) is 2.56. The second-order valence-corrected chi connectivity index (χ2v) is 9.13. The van der Waals surface area contributed by atoms with Crippen LogP contribution in [0.15, 0.2) is 47.4 Å². The van der Waals surface area contributed by atoms with Crippen molar-refractivity contribution in [2.24, 2.45) is 0 Å². The van der Waals surface area contributed by atoms with E-state index in [0.717, 1.165) is 24.0 Å². The summed E-state index contributed by atoms with van der Waals surface area (Å²) in [5.41, 5.74) is 8.22. The molecule has 28 heavy (non-hydrogen) atoms. The Labute approximate surface area is 166 Å². The van der Waals surface area contributed by atoms with Crippen LogP contribution in [0.3, 0.4) is 0 Å². The highest BCUT2D eigenvalue weighted by Gasteiger charge is 2.28. The van der Waals surface area contributed by atoms with Crippen molar-refractivity contribution in [3.05, 3.63) is 59.2 Å². The van der Waals surface area contributed by atoms with Crippen LogP contribution in [0.25, 0.3) is 0 Å². The molecule has 0 fully saturated rings. The molecule has 0 aliphatic heterocycles. The lowest BCUT2D eigenvalue weighted by molar-refractivity contribution is 0.0222. The highest BCUT2D eigenvalue weighted by atomic mass is 32.2. The van der Waals surface area contributed by atoms with Crippen molar-refractivity contribution in [3.8, 4) is 0 Å². The van der Waals surface area contributed by atoms with Crippen molar-refractivity contribution in [1.29, 1.82) is 0 Å². The number of aryl methyl sites for hydroxylation is 2. The minimum absolute atomic E-state index is 0.108. The van der Waals surface area contributed by atoms with E-state index in [0.29, 0.717) is 6.42 Å². The average molecular weight is 406 g/mol. The second-order valence-electron chi connectivity index (χ2n) is 7.61. The lowest BCUT2D eigenvalue weighted by atomic mass is 9.99. The van der Waals surface area contributed by atoms with E-state index in [1.165, 1.54) is 11.6 Å². The lowest BCUT2D eigenvalue weighted by Crippen LogP contribution is -2.26. The maximum absolute atomic E-state index is 12.5. The Balaban J connectivity index is 2.17. The third kappa shape index (κ3) is 5.99. The van der Waals surface area contributed by atoms with Gasteiger partial charge in [-0.25, -0.2) is 4.79 Å². The van der Waals surface area contributed by atoms with E-state index in [9.17, 15) is 13.2 Å². The van der Waals surface area contributed by atoms with Gasteiger partial charge in [0.1, 0.15) is 10.5 Å². The van der Waals surface area contributed by atoms with Crippen LogP contribution in [0.1, 0.15) is 43.9 Å². The Morgan fingerprint density at radius 2 is 1.68 bits per heavy atom. The van der Waals surface area contributed by atoms with Gasteiger partial charge < -0.3 is 14.7 Å². The first kappa shape index (κ1) is 21.8. The number of hydrogen-bond donors (Lipinski definition) is 1. The fourth-order valence-electron chi connectivity index (χ4n) is 2.82. The molecule has 0 saturated heterocycles. The number of nitrogen functional groups attached to an aromatic ring is 1. The van der Waals surface area contributed by atoms with Gasteiger partial charge in [-0.05, 0) is 69.7 Å². The number of nitrogens with two attached hydrogens (primary N) is 1. The number of carbonyl (C=O) groups is 1. The van der Waals surface area contributed by atoms with Crippen LogP contribution in [0.4, 0.5) is 10.5 Å². The van der Waals surface area contributed by atoms with Crippen LogP contribution >= 0.6 is 0 Å². The SMILES string of the molecule is Cc1ccc(S(=O)(=O)OC(=O)OC(C)(C)C)c(N)c1CCCc1ccccc1. The van der Waals surface area contributed by atoms with E-state index in [1.54, 1.807) is 26.8 Å². The second kappa shape index (κ2) is 8.65. The molecule has 0 saturated carbocycles. The number of ether oxygens (including phenoxy) is 1.